The minimum absolute atomic E-state index is 0.265. The summed E-state index contributed by atoms with van der Waals surface area (Å²) in [5.41, 5.74) is 0. The van der Waals surface area contributed by atoms with Crippen LogP contribution in [0.5, 0.6) is 5.75 Å². The summed E-state index contributed by atoms with van der Waals surface area (Å²) < 4.78 is 10.7. The van der Waals surface area contributed by atoms with Crippen LogP contribution in [0.2, 0.25) is 0 Å². The average Bonchev–Trinajstić information content (AvgIpc) is 3.33. The molecule has 6 heteroatoms. The van der Waals surface area contributed by atoms with E-state index >= 15 is 0 Å². The number of fused-ring (bicyclic) bond motifs is 1. The predicted octanol–water partition coefficient (Wildman–Crippen LogP) is 4.88. The van der Waals surface area contributed by atoms with E-state index in [1.807, 2.05) is 60.0 Å². The van der Waals surface area contributed by atoms with Gasteiger partial charge in [0.25, 0.3) is 0 Å². The van der Waals surface area contributed by atoms with Crippen molar-refractivity contribution in [2.45, 2.75) is 19.3 Å². The lowest BCUT2D eigenvalue weighted by molar-refractivity contribution is -0.134. The number of rotatable bonds is 6. The van der Waals surface area contributed by atoms with Gasteiger partial charge in [0.05, 0.1) is 4.88 Å². The van der Waals surface area contributed by atoms with Crippen molar-refractivity contribution in [3.63, 3.8) is 0 Å². The summed E-state index contributed by atoms with van der Waals surface area (Å²) in [7, 11) is 0. The Labute approximate surface area is 154 Å². The molecule has 0 aliphatic heterocycles. The summed E-state index contributed by atoms with van der Waals surface area (Å²) in [6.07, 6.45) is 1.44. The third kappa shape index (κ3) is 3.81. The Balaban J connectivity index is 1.29. The molecule has 0 saturated heterocycles. The number of nitrogens with zero attached hydrogens (tertiary/aromatic N) is 2. The van der Waals surface area contributed by atoms with Gasteiger partial charge in [-0.05, 0) is 40.8 Å². The van der Waals surface area contributed by atoms with Crippen LogP contribution in [-0.2, 0) is 11.2 Å². The van der Waals surface area contributed by atoms with Gasteiger partial charge < -0.3 is 9.26 Å². The first kappa shape index (κ1) is 16.5. The second-order valence-corrected chi connectivity index (χ2v) is 6.77. The first-order valence-electron chi connectivity index (χ1n) is 8.34. The number of carbonyl (C=O) groups excluding carboxylic acids is 1. The minimum Gasteiger partial charge on any atom is -0.427 e. The summed E-state index contributed by atoms with van der Waals surface area (Å²) >= 11 is 1.56. The molecule has 130 valence electrons. The van der Waals surface area contributed by atoms with Crippen molar-refractivity contribution in [3.8, 4) is 16.5 Å². The van der Waals surface area contributed by atoms with Gasteiger partial charge in [-0.1, -0.05) is 41.6 Å². The van der Waals surface area contributed by atoms with Crippen molar-refractivity contribution in [1.29, 1.82) is 0 Å². The van der Waals surface area contributed by atoms with Gasteiger partial charge in [0.15, 0.2) is 0 Å². The Morgan fingerprint density at radius 3 is 2.81 bits per heavy atom. The Morgan fingerprint density at radius 1 is 1.08 bits per heavy atom. The van der Waals surface area contributed by atoms with E-state index in [0.717, 1.165) is 15.6 Å². The Kier molecular flexibility index (Phi) is 4.75. The van der Waals surface area contributed by atoms with Crippen LogP contribution in [-0.4, -0.2) is 16.1 Å². The summed E-state index contributed by atoms with van der Waals surface area (Å²) in [5, 5.41) is 8.09. The number of hydrogen-bond donors (Lipinski definition) is 0. The van der Waals surface area contributed by atoms with E-state index in [2.05, 4.69) is 10.1 Å². The minimum atomic E-state index is -0.265. The molecule has 0 aliphatic rings. The lowest BCUT2D eigenvalue weighted by Gasteiger charge is -2.05. The number of thiophene rings is 1. The van der Waals surface area contributed by atoms with Crippen LogP contribution in [0.1, 0.15) is 18.7 Å². The number of aryl methyl sites for hydroxylation is 1. The van der Waals surface area contributed by atoms with Crippen molar-refractivity contribution in [1.82, 2.24) is 10.1 Å². The van der Waals surface area contributed by atoms with Crippen LogP contribution in [0.4, 0.5) is 0 Å². The van der Waals surface area contributed by atoms with Crippen molar-refractivity contribution in [2.24, 2.45) is 0 Å². The average molecular weight is 364 g/mol. The lowest BCUT2D eigenvalue weighted by Crippen LogP contribution is -2.08. The van der Waals surface area contributed by atoms with E-state index in [1.165, 1.54) is 0 Å². The molecule has 0 N–H and O–H groups in total. The molecule has 5 nitrogen and oxygen atoms in total. The predicted molar refractivity (Wildman–Crippen MR) is 100 cm³/mol. The van der Waals surface area contributed by atoms with Crippen molar-refractivity contribution < 1.29 is 14.1 Å². The molecule has 0 amide bonds. The van der Waals surface area contributed by atoms with Crippen LogP contribution in [0, 0.1) is 0 Å². The maximum absolute atomic E-state index is 12.0. The second kappa shape index (κ2) is 7.49. The molecule has 0 aliphatic carbocycles. The molecule has 0 fully saturated rings. The zero-order valence-electron chi connectivity index (χ0n) is 13.9. The zero-order valence-corrected chi connectivity index (χ0v) is 14.7. The van der Waals surface area contributed by atoms with E-state index in [9.17, 15) is 4.79 Å². The molecule has 0 saturated carbocycles. The summed E-state index contributed by atoms with van der Waals surface area (Å²) in [6.45, 7) is 0. The second-order valence-electron chi connectivity index (χ2n) is 5.83. The molecule has 4 rings (SSSR count). The molecule has 4 aromatic rings. The Morgan fingerprint density at radius 2 is 1.96 bits per heavy atom. The number of ether oxygens (including phenoxy) is 1. The number of carbonyl (C=O) groups is 1. The van der Waals surface area contributed by atoms with Crippen molar-refractivity contribution in [3.05, 3.63) is 65.9 Å². The molecule has 0 atom stereocenters. The quantitative estimate of drug-likeness (QED) is 0.360. The van der Waals surface area contributed by atoms with E-state index < -0.39 is 0 Å². The highest BCUT2D eigenvalue weighted by atomic mass is 32.1. The SMILES string of the molecule is O=C(CCCc1nc(-c2cccs2)no1)Oc1ccc2ccccc2c1. The Hall–Kier alpha value is -2.99. The molecule has 0 bridgehead atoms. The first-order valence-corrected chi connectivity index (χ1v) is 9.22. The third-order valence-corrected chi connectivity index (χ3v) is 4.80. The van der Waals surface area contributed by atoms with E-state index in [4.69, 9.17) is 9.26 Å². The van der Waals surface area contributed by atoms with Crippen LogP contribution in [0.3, 0.4) is 0 Å². The molecular formula is C20H16N2O3S. The topological polar surface area (TPSA) is 65.2 Å². The van der Waals surface area contributed by atoms with Crippen LogP contribution in [0.25, 0.3) is 21.5 Å². The number of hydrogen-bond acceptors (Lipinski definition) is 6. The number of benzene rings is 2. The van der Waals surface area contributed by atoms with Gasteiger partial charge in [0.2, 0.25) is 11.7 Å². The van der Waals surface area contributed by atoms with Crippen molar-refractivity contribution in [2.75, 3.05) is 0 Å². The van der Waals surface area contributed by atoms with Gasteiger partial charge in [0, 0.05) is 12.8 Å². The summed E-state index contributed by atoms with van der Waals surface area (Å²) in [6, 6.07) is 17.5. The molecule has 0 spiro atoms. The molecule has 2 aromatic heterocycles. The van der Waals surface area contributed by atoms with E-state index in [1.54, 1.807) is 11.3 Å². The van der Waals surface area contributed by atoms with Crippen LogP contribution < -0.4 is 4.74 Å². The number of esters is 1. The number of aromatic nitrogens is 2. The highest BCUT2D eigenvalue weighted by Crippen LogP contribution is 2.22. The van der Waals surface area contributed by atoms with Crippen LogP contribution >= 0.6 is 11.3 Å². The highest BCUT2D eigenvalue weighted by molar-refractivity contribution is 7.13. The highest BCUT2D eigenvalue weighted by Gasteiger charge is 2.11. The normalized spacial score (nSPS) is 10.9. The summed E-state index contributed by atoms with van der Waals surface area (Å²) in [5.74, 6) is 1.42. The Bertz CT molecular complexity index is 1020. The van der Waals surface area contributed by atoms with E-state index in [-0.39, 0.29) is 5.97 Å². The molecule has 2 aromatic carbocycles. The molecule has 26 heavy (non-hydrogen) atoms. The lowest BCUT2D eigenvalue weighted by atomic mass is 10.1. The zero-order chi connectivity index (χ0) is 17.8. The standard InChI is InChI=1S/C20H16N2O3S/c23-19(24-16-11-10-14-5-1-2-6-15(14)13-16)9-3-8-18-21-20(22-25-18)17-7-4-12-26-17/h1-2,4-7,10-13H,3,8-9H2. The molecule has 2 heterocycles. The summed E-state index contributed by atoms with van der Waals surface area (Å²) in [4.78, 5) is 17.4. The van der Waals surface area contributed by atoms with Gasteiger partial charge in [-0.25, -0.2) is 0 Å². The van der Waals surface area contributed by atoms with Gasteiger partial charge in [-0.15, -0.1) is 11.3 Å². The van der Waals surface area contributed by atoms with Gasteiger partial charge in [-0.3, -0.25) is 4.79 Å². The smallest absolute Gasteiger partial charge is 0.311 e. The van der Waals surface area contributed by atoms with Gasteiger partial charge in [0.1, 0.15) is 5.75 Å². The fourth-order valence-corrected chi connectivity index (χ4v) is 3.31. The largest absolute Gasteiger partial charge is 0.427 e. The fraction of sp³-hybridized carbons (Fsp3) is 0.150. The van der Waals surface area contributed by atoms with Crippen LogP contribution in [0.15, 0.2) is 64.5 Å². The van der Waals surface area contributed by atoms with E-state index in [0.29, 0.717) is 36.7 Å². The molecule has 0 radical (unpaired) electrons. The first-order chi connectivity index (χ1) is 12.8. The molecule has 0 unspecified atom stereocenters. The third-order valence-electron chi connectivity index (χ3n) is 3.93. The molecular weight excluding hydrogens is 348 g/mol. The van der Waals surface area contributed by atoms with Gasteiger partial charge in [-0.2, -0.15) is 4.98 Å². The van der Waals surface area contributed by atoms with Gasteiger partial charge >= 0.3 is 5.97 Å². The maximum Gasteiger partial charge on any atom is 0.311 e. The fourth-order valence-electron chi connectivity index (χ4n) is 2.66. The monoisotopic (exact) mass is 364 g/mol. The maximum atomic E-state index is 12.0. The van der Waals surface area contributed by atoms with Crippen molar-refractivity contribution >= 4 is 28.1 Å².